The number of hydrogen-bond donors (Lipinski definition) is 3. The summed E-state index contributed by atoms with van der Waals surface area (Å²) in [5.74, 6) is 0.619. The first-order valence-electron chi connectivity index (χ1n) is 8.22. The summed E-state index contributed by atoms with van der Waals surface area (Å²) in [6, 6.07) is 6.64. The van der Waals surface area contributed by atoms with Gasteiger partial charge < -0.3 is 21.3 Å². The van der Waals surface area contributed by atoms with E-state index >= 15 is 0 Å². The van der Waals surface area contributed by atoms with Gasteiger partial charge in [-0.25, -0.2) is 0 Å². The van der Waals surface area contributed by atoms with Crippen molar-refractivity contribution in [1.82, 2.24) is 9.80 Å². The summed E-state index contributed by atoms with van der Waals surface area (Å²) in [5.41, 5.74) is 15.3. The van der Waals surface area contributed by atoms with Crippen LogP contribution in [0.2, 0.25) is 0 Å². The van der Waals surface area contributed by atoms with Crippen LogP contribution in [-0.4, -0.2) is 48.5 Å². The molecule has 0 spiro atoms. The van der Waals surface area contributed by atoms with Crippen LogP contribution in [0.1, 0.15) is 29.5 Å². The molecule has 0 atom stereocenters. The van der Waals surface area contributed by atoms with Crippen LogP contribution in [0.4, 0.5) is 0 Å². The Bertz CT molecular complexity index is 492. The molecule has 0 aromatic heterocycles. The van der Waals surface area contributed by atoms with Crippen molar-refractivity contribution in [3.63, 3.8) is 0 Å². The van der Waals surface area contributed by atoms with Gasteiger partial charge >= 0.3 is 0 Å². The lowest BCUT2D eigenvalue weighted by Crippen LogP contribution is -2.47. The molecule has 5 nitrogen and oxygen atoms in total. The fraction of sp³-hybridized carbons (Fsp3) is 0.588. The number of hydrogen-bond acceptors (Lipinski definition) is 3. The molecular formula is C17H29N5. The highest BCUT2D eigenvalue weighted by Crippen LogP contribution is 2.21. The van der Waals surface area contributed by atoms with Crippen LogP contribution in [0.3, 0.4) is 0 Å². The van der Waals surface area contributed by atoms with E-state index in [0.29, 0.717) is 19.0 Å². The molecule has 0 unspecified atom stereocenters. The van der Waals surface area contributed by atoms with Gasteiger partial charge in [-0.2, -0.15) is 0 Å². The number of nitrogens with one attached hydrogen (secondary N) is 1. The number of benzene rings is 1. The topological polar surface area (TPSA) is 82.4 Å². The minimum Gasteiger partial charge on any atom is -0.343 e. The fourth-order valence-corrected chi connectivity index (χ4v) is 2.95. The van der Waals surface area contributed by atoms with Gasteiger partial charge in [-0.3, -0.25) is 5.41 Å². The summed E-state index contributed by atoms with van der Waals surface area (Å²) < 4.78 is 0. The molecule has 5 heteroatoms. The SMILES string of the molecule is Cc1ccc2c(c1)CCN(C(=N)N(CCCN)CCCN)C2. The van der Waals surface area contributed by atoms with E-state index in [1.54, 1.807) is 0 Å². The van der Waals surface area contributed by atoms with Gasteiger partial charge in [0, 0.05) is 26.2 Å². The average Bonchev–Trinajstić information content (AvgIpc) is 2.54. The Kier molecular flexibility index (Phi) is 6.21. The molecule has 0 radical (unpaired) electrons. The van der Waals surface area contributed by atoms with Gasteiger partial charge in [0.05, 0.1) is 0 Å². The van der Waals surface area contributed by atoms with Crippen LogP contribution in [0, 0.1) is 12.3 Å². The second-order valence-electron chi connectivity index (χ2n) is 6.04. The Hall–Kier alpha value is -1.59. The van der Waals surface area contributed by atoms with E-state index in [9.17, 15) is 0 Å². The molecule has 0 saturated heterocycles. The zero-order chi connectivity index (χ0) is 15.9. The van der Waals surface area contributed by atoms with Gasteiger partial charge in [0.1, 0.15) is 0 Å². The summed E-state index contributed by atoms with van der Waals surface area (Å²) in [6.07, 6.45) is 2.84. The molecule has 0 aliphatic carbocycles. The van der Waals surface area contributed by atoms with Crippen LogP contribution < -0.4 is 11.5 Å². The molecule has 1 aromatic carbocycles. The Morgan fingerprint density at radius 3 is 2.50 bits per heavy atom. The van der Waals surface area contributed by atoms with Gasteiger partial charge in [-0.05, 0) is 50.4 Å². The number of nitrogens with zero attached hydrogens (tertiary/aromatic N) is 2. The first-order chi connectivity index (χ1) is 10.7. The van der Waals surface area contributed by atoms with Crippen LogP contribution in [0.25, 0.3) is 0 Å². The zero-order valence-corrected chi connectivity index (χ0v) is 13.6. The third-order valence-electron chi connectivity index (χ3n) is 4.24. The summed E-state index contributed by atoms with van der Waals surface area (Å²) >= 11 is 0. The highest BCUT2D eigenvalue weighted by molar-refractivity contribution is 5.77. The van der Waals surface area contributed by atoms with Gasteiger partial charge in [-0.1, -0.05) is 23.8 Å². The fourth-order valence-electron chi connectivity index (χ4n) is 2.95. The summed E-state index contributed by atoms with van der Waals surface area (Å²) in [6.45, 7) is 6.88. The molecular weight excluding hydrogens is 274 g/mol. The Labute approximate surface area is 133 Å². The van der Waals surface area contributed by atoms with E-state index in [0.717, 1.165) is 45.4 Å². The summed E-state index contributed by atoms with van der Waals surface area (Å²) in [4.78, 5) is 4.30. The van der Waals surface area contributed by atoms with Crippen LogP contribution in [0.5, 0.6) is 0 Å². The highest BCUT2D eigenvalue weighted by atomic mass is 15.4. The van der Waals surface area contributed by atoms with Crippen LogP contribution in [0.15, 0.2) is 18.2 Å². The molecule has 0 amide bonds. The largest absolute Gasteiger partial charge is 0.343 e. The van der Waals surface area contributed by atoms with Crippen LogP contribution >= 0.6 is 0 Å². The first kappa shape index (κ1) is 16.8. The first-order valence-corrected chi connectivity index (χ1v) is 8.22. The van der Waals surface area contributed by atoms with E-state index in [2.05, 4.69) is 34.9 Å². The predicted octanol–water partition coefficient (Wildman–Crippen LogP) is 1.29. The van der Waals surface area contributed by atoms with Crippen molar-refractivity contribution in [1.29, 1.82) is 5.41 Å². The lowest BCUT2D eigenvalue weighted by molar-refractivity contribution is 0.295. The van der Waals surface area contributed by atoms with Crippen LogP contribution in [-0.2, 0) is 13.0 Å². The lowest BCUT2D eigenvalue weighted by Gasteiger charge is -2.36. The molecule has 2 rings (SSSR count). The minimum absolute atomic E-state index is 0.619. The Morgan fingerprint density at radius 1 is 1.18 bits per heavy atom. The molecule has 1 aliphatic rings. The van der Waals surface area contributed by atoms with E-state index in [4.69, 9.17) is 16.9 Å². The van der Waals surface area contributed by atoms with E-state index in [1.165, 1.54) is 16.7 Å². The van der Waals surface area contributed by atoms with E-state index in [1.807, 2.05) is 0 Å². The van der Waals surface area contributed by atoms with Crippen molar-refractivity contribution in [2.75, 3.05) is 32.7 Å². The molecule has 0 bridgehead atoms. The molecule has 5 N–H and O–H groups in total. The molecule has 1 aromatic rings. The normalized spacial score (nSPS) is 13.9. The molecule has 1 aliphatic heterocycles. The predicted molar refractivity (Wildman–Crippen MR) is 91.9 cm³/mol. The van der Waals surface area contributed by atoms with Crippen molar-refractivity contribution in [2.45, 2.75) is 32.7 Å². The van der Waals surface area contributed by atoms with Gasteiger partial charge in [0.25, 0.3) is 0 Å². The number of aryl methyl sites for hydroxylation is 1. The monoisotopic (exact) mass is 303 g/mol. The maximum Gasteiger partial charge on any atom is 0.194 e. The Balaban J connectivity index is 2.02. The molecule has 22 heavy (non-hydrogen) atoms. The van der Waals surface area contributed by atoms with Gasteiger partial charge in [0.2, 0.25) is 0 Å². The van der Waals surface area contributed by atoms with E-state index < -0.39 is 0 Å². The average molecular weight is 303 g/mol. The molecule has 0 fully saturated rings. The van der Waals surface area contributed by atoms with E-state index in [-0.39, 0.29) is 0 Å². The number of guanidine groups is 1. The zero-order valence-electron chi connectivity index (χ0n) is 13.6. The maximum absolute atomic E-state index is 8.55. The smallest absolute Gasteiger partial charge is 0.194 e. The quantitative estimate of drug-likeness (QED) is 0.546. The minimum atomic E-state index is 0.619. The number of fused-ring (bicyclic) bond motifs is 1. The highest BCUT2D eigenvalue weighted by Gasteiger charge is 2.21. The van der Waals surface area contributed by atoms with Crippen molar-refractivity contribution < 1.29 is 0 Å². The molecule has 1 heterocycles. The summed E-state index contributed by atoms with van der Waals surface area (Å²) in [5, 5.41) is 8.55. The van der Waals surface area contributed by atoms with Crippen molar-refractivity contribution in [3.8, 4) is 0 Å². The lowest BCUT2D eigenvalue weighted by atomic mass is 9.98. The third kappa shape index (κ3) is 4.21. The Morgan fingerprint density at radius 2 is 1.86 bits per heavy atom. The van der Waals surface area contributed by atoms with Gasteiger partial charge in [-0.15, -0.1) is 0 Å². The number of nitrogens with two attached hydrogens (primary N) is 2. The van der Waals surface area contributed by atoms with Crippen molar-refractivity contribution in [2.24, 2.45) is 11.5 Å². The standard InChI is InChI=1S/C17H29N5/c1-14-4-5-16-13-22(11-6-15(16)12-14)17(20)21(9-2-7-18)10-3-8-19/h4-5,12,20H,2-3,6-11,13,18-19H2,1H3. The van der Waals surface area contributed by atoms with Crippen molar-refractivity contribution in [3.05, 3.63) is 34.9 Å². The van der Waals surface area contributed by atoms with Crippen molar-refractivity contribution >= 4 is 5.96 Å². The second-order valence-corrected chi connectivity index (χ2v) is 6.04. The maximum atomic E-state index is 8.55. The van der Waals surface area contributed by atoms with Gasteiger partial charge in [0.15, 0.2) is 5.96 Å². The summed E-state index contributed by atoms with van der Waals surface area (Å²) in [7, 11) is 0. The second kappa shape index (κ2) is 8.15. The third-order valence-corrected chi connectivity index (χ3v) is 4.24. The molecule has 0 saturated carbocycles. The number of rotatable bonds is 6. The molecule has 122 valence electrons.